The fourth-order valence-electron chi connectivity index (χ4n) is 2.48. The third-order valence-electron chi connectivity index (χ3n) is 3.33. The second kappa shape index (κ2) is 6.38. The standard InChI is InChI=1S/C11H19F3N2O2/c12-11(13,14)7-16(4-5-17)10(18)9-3-1-2-8(9)6-15/h8-9,17H,1-7,15H2. The third kappa shape index (κ3) is 4.13. The summed E-state index contributed by atoms with van der Waals surface area (Å²) in [5, 5.41) is 8.76. The van der Waals surface area contributed by atoms with Crippen LogP contribution in [0.1, 0.15) is 19.3 Å². The Hall–Kier alpha value is -0.820. The van der Waals surface area contributed by atoms with E-state index in [9.17, 15) is 18.0 Å². The Morgan fingerprint density at radius 3 is 2.56 bits per heavy atom. The molecule has 106 valence electrons. The molecule has 0 radical (unpaired) electrons. The molecule has 0 aliphatic heterocycles. The van der Waals surface area contributed by atoms with Crippen molar-refractivity contribution in [2.24, 2.45) is 17.6 Å². The SMILES string of the molecule is NCC1CCCC1C(=O)N(CCO)CC(F)(F)F. The molecule has 18 heavy (non-hydrogen) atoms. The average molecular weight is 268 g/mol. The Labute approximate surface area is 104 Å². The van der Waals surface area contributed by atoms with Gasteiger partial charge in [-0.3, -0.25) is 4.79 Å². The van der Waals surface area contributed by atoms with Gasteiger partial charge < -0.3 is 15.7 Å². The second-order valence-corrected chi connectivity index (χ2v) is 4.63. The first-order chi connectivity index (χ1) is 8.39. The lowest BCUT2D eigenvalue weighted by Gasteiger charge is -2.28. The van der Waals surface area contributed by atoms with E-state index < -0.39 is 31.2 Å². The molecule has 2 unspecified atom stereocenters. The number of hydrogen-bond donors (Lipinski definition) is 2. The number of carbonyl (C=O) groups excluding carboxylic acids is 1. The lowest BCUT2D eigenvalue weighted by molar-refractivity contribution is -0.165. The molecule has 1 amide bonds. The molecule has 1 saturated carbocycles. The molecule has 4 nitrogen and oxygen atoms in total. The molecular formula is C11H19F3N2O2. The lowest BCUT2D eigenvalue weighted by Crippen LogP contribution is -2.45. The number of alkyl halides is 3. The van der Waals surface area contributed by atoms with Gasteiger partial charge in [-0.05, 0) is 25.3 Å². The molecule has 2 atom stereocenters. The summed E-state index contributed by atoms with van der Waals surface area (Å²) in [5.41, 5.74) is 5.52. The molecule has 0 spiro atoms. The van der Waals surface area contributed by atoms with Crippen LogP contribution in [0, 0.1) is 11.8 Å². The largest absolute Gasteiger partial charge is 0.406 e. The normalized spacial score (nSPS) is 24.3. The van der Waals surface area contributed by atoms with Crippen LogP contribution in [0.4, 0.5) is 13.2 Å². The first-order valence-corrected chi connectivity index (χ1v) is 6.05. The summed E-state index contributed by atoms with van der Waals surface area (Å²) in [5.74, 6) is -0.995. The molecule has 0 aromatic rings. The lowest BCUT2D eigenvalue weighted by atomic mass is 9.94. The minimum absolute atomic E-state index is 0.0353. The van der Waals surface area contributed by atoms with Gasteiger partial charge in [0.1, 0.15) is 6.54 Å². The number of aliphatic hydroxyl groups is 1. The minimum atomic E-state index is -4.44. The van der Waals surface area contributed by atoms with Crippen LogP contribution in [0.2, 0.25) is 0 Å². The van der Waals surface area contributed by atoms with Gasteiger partial charge in [0, 0.05) is 12.5 Å². The molecule has 1 aliphatic carbocycles. The van der Waals surface area contributed by atoms with E-state index in [-0.39, 0.29) is 12.5 Å². The summed E-state index contributed by atoms with van der Waals surface area (Å²) < 4.78 is 37.1. The molecule has 0 aromatic heterocycles. The van der Waals surface area contributed by atoms with E-state index in [1.807, 2.05) is 0 Å². The van der Waals surface area contributed by atoms with Crippen LogP contribution in [0.15, 0.2) is 0 Å². The predicted octanol–water partition coefficient (Wildman–Crippen LogP) is 0.745. The van der Waals surface area contributed by atoms with E-state index in [2.05, 4.69) is 0 Å². The fraction of sp³-hybridized carbons (Fsp3) is 0.909. The fourth-order valence-corrected chi connectivity index (χ4v) is 2.48. The average Bonchev–Trinajstić information content (AvgIpc) is 2.73. The van der Waals surface area contributed by atoms with Crippen molar-refractivity contribution in [3.05, 3.63) is 0 Å². The monoisotopic (exact) mass is 268 g/mol. The summed E-state index contributed by atoms with van der Waals surface area (Å²) in [6.45, 7) is -1.75. The second-order valence-electron chi connectivity index (χ2n) is 4.63. The van der Waals surface area contributed by atoms with E-state index in [4.69, 9.17) is 10.8 Å². The zero-order valence-corrected chi connectivity index (χ0v) is 10.1. The van der Waals surface area contributed by atoms with Gasteiger partial charge >= 0.3 is 6.18 Å². The van der Waals surface area contributed by atoms with Crippen LogP contribution in [0.5, 0.6) is 0 Å². The van der Waals surface area contributed by atoms with Crippen LogP contribution < -0.4 is 5.73 Å². The maximum Gasteiger partial charge on any atom is 0.406 e. The molecule has 0 saturated heterocycles. The summed E-state index contributed by atoms with van der Waals surface area (Å²) >= 11 is 0. The van der Waals surface area contributed by atoms with Gasteiger partial charge in [0.2, 0.25) is 5.91 Å². The van der Waals surface area contributed by atoms with Crippen molar-refractivity contribution in [2.45, 2.75) is 25.4 Å². The van der Waals surface area contributed by atoms with Gasteiger partial charge in [-0.2, -0.15) is 13.2 Å². The quantitative estimate of drug-likeness (QED) is 0.773. The number of nitrogens with two attached hydrogens (primary N) is 1. The Bertz CT molecular complexity index is 284. The number of aliphatic hydroxyl groups excluding tert-OH is 1. The van der Waals surface area contributed by atoms with Crippen LogP contribution >= 0.6 is 0 Å². The highest BCUT2D eigenvalue weighted by molar-refractivity contribution is 5.79. The third-order valence-corrected chi connectivity index (χ3v) is 3.33. The van der Waals surface area contributed by atoms with Gasteiger partial charge in [0.15, 0.2) is 0 Å². The number of nitrogens with zero attached hydrogens (tertiary/aromatic N) is 1. The van der Waals surface area contributed by atoms with Crippen molar-refractivity contribution in [1.82, 2.24) is 4.90 Å². The Balaban J connectivity index is 2.69. The molecule has 0 bridgehead atoms. The molecule has 3 N–H and O–H groups in total. The summed E-state index contributed by atoms with van der Waals surface area (Å²) in [6.07, 6.45) is -2.26. The maximum atomic E-state index is 12.4. The summed E-state index contributed by atoms with van der Waals surface area (Å²) in [4.78, 5) is 12.7. The van der Waals surface area contributed by atoms with Gasteiger partial charge in [-0.25, -0.2) is 0 Å². The first kappa shape index (κ1) is 15.2. The summed E-state index contributed by atoms with van der Waals surface area (Å²) in [7, 11) is 0. The Morgan fingerprint density at radius 2 is 2.06 bits per heavy atom. The number of hydrogen-bond acceptors (Lipinski definition) is 3. The van der Waals surface area contributed by atoms with E-state index in [1.165, 1.54) is 0 Å². The highest BCUT2D eigenvalue weighted by atomic mass is 19.4. The van der Waals surface area contributed by atoms with Gasteiger partial charge in [-0.15, -0.1) is 0 Å². The zero-order chi connectivity index (χ0) is 13.8. The van der Waals surface area contributed by atoms with Crippen LogP contribution in [-0.4, -0.2) is 48.3 Å². The van der Waals surface area contributed by atoms with Gasteiger partial charge in [0.25, 0.3) is 0 Å². The van der Waals surface area contributed by atoms with Crippen molar-refractivity contribution >= 4 is 5.91 Å². The highest BCUT2D eigenvalue weighted by Crippen LogP contribution is 2.33. The van der Waals surface area contributed by atoms with Crippen LogP contribution in [0.3, 0.4) is 0 Å². The van der Waals surface area contributed by atoms with Crippen molar-refractivity contribution in [2.75, 3.05) is 26.2 Å². The molecule has 1 fully saturated rings. The molecular weight excluding hydrogens is 249 g/mol. The minimum Gasteiger partial charge on any atom is -0.395 e. The maximum absolute atomic E-state index is 12.4. The van der Waals surface area contributed by atoms with Crippen molar-refractivity contribution in [3.63, 3.8) is 0 Å². The van der Waals surface area contributed by atoms with Crippen LogP contribution in [-0.2, 0) is 4.79 Å². The van der Waals surface area contributed by atoms with Crippen molar-refractivity contribution in [1.29, 1.82) is 0 Å². The van der Waals surface area contributed by atoms with Crippen molar-refractivity contribution in [3.8, 4) is 0 Å². The number of carbonyl (C=O) groups is 1. The molecule has 1 rings (SSSR count). The number of amides is 1. The zero-order valence-electron chi connectivity index (χ0n) is 10.1. The van der Waals surface area contributed by atoms with Gasteiger partial charge in [0.05, 0.1) is 6.61 Å². The summed E-state index contributed by atoms with van der Waals surface area (Å²) in [6, 6.07) is 0. The topological polar surface area (TPSA) is 66.6 Å². The van der Waals surface area contributed by atoms with E-state index in [0.717, 1.165) is 12.8 Å². The Kier molecular flexibility index (Phi) is 5.40. The molecule has 7 heteroatoms. The van der Waals surface area contributed by atoms with E-state index in [0.29, 0.717) is 17.9 Å². The molecule has 0 aromatic carbocycles. The molecule has 0 heterocycles. The molecule has 1 aliphatic rings. The predicted molar refractivity (Wildman–Crippen MR) is 59.6 cm³/mol. The first-order valence-electron chi connectivity index (χ1n) is 6.05. The Morgan fingerprint density at radius 1 is 1.39 bits per heavy atom. The van der Waals surface area contributed by atoms with Gasteiger partial charge in [-0.1, -0.05) is 6.42 Å². The smallest absolute Gasteiger partial charge is 0.395 e. The number of rotatable bonds is 5. The highest BCUT2D eigenvalue weighted by Gasteiger charge is 2.39. The van der Waals surface area contributed by atoms with E-state index in [1.54, 1.807) is 0 Å². The number of halogens is 3. The van der Waals surface area contributed by atoms with E-state index >= 15 is 0 Å². The van der Waals surface area contributed by atoms with Crippen molar-refractivity contribution < 1.29 is 23.1 Å². The van der Waals surface area contributed by atoms with Crippen LogP contribution in [0.25, 0.3) is 0 Å².